The standard InChI is InChI=1S/C17H22N2/c1-13-5-4-6-14(9-13)11-18-16-10-15-7-2-3-8-17(15)19-12-16/h2-3,7-8,10,12-14,18H,4-6,9,11H2,1H3. The van der Waals surface area contributed by atoms with Gasteiger partial charge in [0.05, 0.1) is 17.4 Å². The highest BCUT2D eigenvalue weighted by molar-refractivity contribution is 5.81. The summed E-state index contributed by atoms with van der Waals surface area (Å²) in [6.07, 6.45) is 7.50. The Kier molecular flexibility index (Phi) is 3.67. The minimum absolute atomic E-state index is 0.829. The van der Waals surface area contributed by atoms with E-state index in [1.165, 1.54) is 31.1 Å². The number of rotatable bonds is 3. The maximum atomic E-state index is 4.50. The van der Waals surface area contributed by atoms with Crippen LogP contribution in [0.25, 0.3) is 10.9 Å². The monoisotopic (exact) mass is 254 g/mol. The highest BCUT2D eigenvalue weighted by Gasteiger charge is 2.18. The van der Waals surface area contributed by atoms with E-state index in [4.69, 9.17) is 0 Å². The van der Waals surface area contributed by atoms with E-state index >= 15 is 0 Å². The van der Waals surface area contributed by atoms with Gasteiger partial charge in [0.2, 0.25) is 0 Å². The van der Waals surface area contributed by atoms with E-state index in [9.17, 15) is 0 Å². The van der Waals surface area contributed by atoms with Gasteiger partial charge in [-0.15, -0.1) is 0 Å². The fraction of sp³-hybridized carbons (Fsp3) is 0.471. The predicted molar refractivity (Wildman–Crippen MR) is 81.4 cm³/mol. The topological polar surface area (TPSA) is 24.9 Å². The molecular formula is C17H22N2. The molecule has 1 heterocycles. The Morgan fingerprint density at radius 1 is 1.26 bits per heavy atom. The molecule has 2 unspecified atom stereocenters. The van der Waals surface area contributed by atoms with Crippen LogP contribution in [0.2, 0.25) is 0 Å². The molecule has 100 valence electrons. The van der Waals surface area contributed by atoms with Crippen molar-refractivity contribution in [1.29, 1.82) is 0 Å². The first-order valence-electron chi connectivity index (χ1n) is 7.40. The molecule has 1 fully saturated rings. The molecule has 2 heteroatoms. The molecule has 0 radical (unpaired) electrons. The summed E-state index contributed by atoms with van der Waals surface area (Å²) < 4.78 is 0. The zero-order valence-corrected chi connectivity index (χ0v) is 11.6. The van der Waals surface area contributed by atoms with Gasteiger partial charge in [0.1, 0.15) is 0 Å². The van der Waals surface area contributed by atoms with Gasteiger partial charge in [-0.05, 0) is 36.8 Å². The van der Waals surface area contributed by atoms with Crippen LogP contribution in [0, 0.1) is 11.8 Å². The lowest BCUT2D eigenvalue weighted by molar-refractivity contribution is 0.293. The van der Waals surface area contributed by atoms with Crippen molar-refractivity contribution in [3.8, 4) is 0 Å². The second-order valence-corrected chi connectivity index (χ2v) is 5.94. The zero-order chi connectivity index (χ0) is 13.1. The van der Waals surface area contributed by atoms with Crippen LogP contribution in [0.3, 0.4) is 0 Å². The Labute approximate surface area is 115 Å². The second-order valence-electron chi connectivity index (χ2n) is 5.94. The summed E-state index contributed by atoms with van der Waals surface area (Å²) in [6.45, 7) is 3.47. The summed E-state index contributed by atoms with van der Waals surface area (Å²) in [4.78, 5) is 4.50. The quantitative estimate of drug-likeness (QED) is 0.874. The number of fused-ring (bicyclic) bond motifs is 1. The van der Waals surface area contributed by atoms with Gasteiger partial charge in [-0.3, -0.25) is 4.98 Å². The van der Waals surface area contributed by atoms with Gasteiger partial charge in [-0.2, -0.15) is 0 Å². The number of para-hydroxylation sites is 1. The Hall–Kier alpha value is -1.57. The van der Waals surface area contributed by atoms with Crippen molar-refractivity contribution in [3.63, 3.8) is 0 Å². The molecule has 0 saturated heterocycles. The van der Waals surface area contributed by atoms with Crippen LogP contribution in [0.5, 0.6) is 0 Å². The first-order valence-corrected chi connectivity index (χ1v) is 7.40. The van der Waals surface area contributed by atoms with E-state index in [0.717, 1.165) is 29.6 Å². The molecule has 1 aliphatic rings. The van der Waals surface area contributed by atoms with E-state index in [2.05, 4.69) is 41.5 Å². The van der Waals surface area contributed by atoms with Crippen LogP contribution < -0.4 is 5.32 Å². The fourth-order valence-corrected chi connectivity index (χ4v) is 3.18. The molecule has 2 aromatic rings. The molecule has 2 atom stereocenters. The molecule has 0 aliphatic heterocycles. The molecule has 1 aliphatic carbocycles. The van der Waals surface area contributed by atoms with Crippen LogP contribution in [0.15, 0.2) is 36.5 Å². The molecule has 0 spiro atoms. The largest absolute Gasteiger partial charge is 0.384 e. The number of pyridine rings is 1. The maximum absolute atomic E-state index is 4.50. The van der Waals surface area contributed by atoms with Gasteiger partial charge in [0.25, 0.3) is 0 Å². The summed E-state index contributed by atoms with van der Waals surface area (Å²) in [6, 6.07) is 10.5. The third kappa shape index (κ3) is 3.06. The fourth-order valence-electron chi connectivity index (χ4n) is 3.18. The maximum Gasteiger partial charge on any atom is 0.0703 e. The van der Waals surface area contributed by atoms with E-state index in [0.29, 0.717) is 0 Å². The van der Waals surface area contributed by atoms with Gasteiger partial charge in [-0.1, -0.05) is 38.0 Å². The Balaban J connectivity index is 1.64. The van der Waals surface area contributed by atoms with Gasteiger partial charge < -0.3 is 5.32 Å². The molecule has 19 heavy (non-hydrogen) atoms. The van der Waals surface area contributed by atoms with Crippen molar-refractivity contribution < 1.29 is 0 Å². The first-order chi connectivity index (χ1) is 9.31. The summed E-state index contributed by atoms with van der Waals surface area (Å²) in [5.74, 6) is 1.73. The van der Waals surface area contributed by atoms with E-state index in [1.54, 1.807) is 0 Å². The predicted octanol–water partition coefficient (Wildman–Crippen LogP) is 4.47. The molecule has 2 nitrogen and oxygen atoms in total. The second kappa shape index (κ2) is 5.60. The molecular weight excluding hydrogens is 232 g/mol. The van der Waals surface area contributed by atoms with Gasteiger partial charge in [0, 0.05) is 11.9 Å². The Bertz CT molecular complexity index is 550. The lowest BCUT2D eigenvalue weighted by atomic mass is 9.82. The molecule has 0 bridgehead atoms. The number of nitrogens with zero attached hydrogens (tertiary/aromatic N) is 1. The zero-order valence-electron chi connectivity index (χ0n) is 11.6. The average molecular weight is 254 g/mol. The smallest absolute Gasteiger partial charge is 0.0703 e. The number of nitrogens with one attached hydrogen (secondary N) is 1. The number of hydrogen-bond acceptors (Lipinski definition) is 2. The van der Waals surface area contributed by atoms with Gasteiger partial charge >= 0.3 is 0 Å². The normalized spacial score (nSPS) is 23.4. The minimum Gasteiger partial charge on any atom is -0.384 e. The van der Waals surface area contributed by atoms with E-state index < -0.39 is 0 Å². The Morgan fingerprint density at radius 3 is 3.05 bits per heavy atom. The average Bonchev–Trinajstić information content (AvgIpc) is 2.45. The number of benzene rings is 1. The highest BCUT2D eigenvalue weighted by Crippen LogP contribution is 2.28. The summed E-state index contributed by atoms with van der Waals surface area (Å²) >= 11 is 0. The molecule has 3 rings (SSSR count). The van der Waals surface area contributed by atoms with E-state index in [1.807, 2.05) is 12.3 Å². The number of aromatic nitrogens is 1. The van der Waals surface area contributed by atoms with Crippen molar-refractivity contribution in [1.82, 2.24) is 4.98 Å². The lowest BCUT2D eigenvalue weighted by Gasteiger charge is -2.27. The van der Waals surface area contributed by atoms with Crippen molar-refractivity contribution in [2.75, 3.05) is 11.9 Å². The third-order valence-corrected chi connectivity index (χ3v) is 4.23. The molecule has 0 amide bonds. The van der Waals surface area contributed by atoms with Crippen LogP contribution in [-0.4, -0.2) is 11.5 Å². The molecule has 1 N–H and O–H groups in total. The Morgan fingerprint density at radius 2 is 2.16 bits per heavy atom. The molecule has 1 aromatic carbocycles. The van der Waals surface area contributed by atoms with Crippen molar-refractivity contribution in [2.45, 2.75) is 32.6 Å². The molecule has 1 saturated carbocycles. The minimum atomic E-state index is 0.829. The summed E-state index contributed by atoms with van der Waals surface area (Å²) in [7, 11) is 0. The first kappa shape index (κ1) is 12.5. The summed E-state index contributed by atoms with van der Waals surface area (Å²) in [5, 5.41) is 4.78. The highest BCUT2D eigenvalue weighted by atomic mass is 14.9. The number of hydrogen-bond donors (Lipinski definition) is 1. The van der Waals surface area contributed by atoms with Crippen LogP contribution >= 0.6 is 0 Å². The summed E-state index contributed by atoms with van der Waals surface area (Å²) in [5.41, 5.74) is 2.22. The third-order valence-electron chi connectivity index (χ3n) is 4.23. The van der Waals surface area contributed by atoms with Crippen LogP contribution in [0.1, 0.15) is 32.6 Å². The van der Waals surface area contributed by atoms with Gasteiger partial charge in [0.15, 0.2) is 0 Å². The van der Waals surface area contributed by atoms with Crippen molar-refractivity contribution in [3.05, 3.63) is 36.5 Å². The van der Waals surface area contributed by atoms with E-state index in [-0.39, 0.29) is 0 Å². The SMILES string of the molecule is CC1CCCC(CNc2cnc3ccccc3c2)C1. The van der Waals surface area contributed by atoms with Crippen LogP contribution in [-0.2, 0) is 0 Å². The van der Waals surface area contributed by atoms with Crippen molar-refractivity contribution in [2.24, 2.45) is 11.8 Å². The van der Waals surface area contributed by atoms with Crippen molar-refractivity contribution >= 4 is 16.6 Å². The molecule has 1 aromatic heterocycles. The lowest BCUT2D eigenvalue weighted by Crippen LogP contribution is -2.21. The van der Waals surface area contributed by atoms with Crippen LogP contribution in [0.4, 0.5) is 5.69 Å². The number of anilines is 1. The van der Waals surface area contributed by atoms with Gasteiger partial charge in [-0.25, -0.2) is 0 Å².